The lowest BCUT2D eigenvalue weighted by Gasteiger charge is -2.27. The normalized spacial score (nSPS) is 16.9. The van der Waals surface area contributed by atoms with Gasteiger partial charge in [-0.1, -0.05) is 41.9 Å². The van der Waals surface area contributed by atoms with Crippen molar-refractivity contribution < 1.29 is 4.79 Å². The second kappa shape index (κ2) is 12.6. The summed E-state index contributed by atoms with van der Waals surface area (Å²) in [5.41, 5.74) is 1.15. The summed E-state index contributed by atoms with van der Waals surface area (Å²) in [5, 5.41) is 3.28. The summed E-state index contributed by atoms with van der Waals surface area (Å²) < 4.78 is 1.06. The maximum absolute atomic E-state index is 12.0. The number of likely N-dealkylation sites (N-methyl/N-ethyl adjacent to an activating group) is 2. The number of rotatable bonds is 7. The van der Waals surface area contributed by atoms with E-state index in [0.29, 0.717) is 12.6 Å². The van der Waals surface area contributed by atoms with E-state index in [2.05, 4.69) is 57.0 Å². The Kier molecular flexibility index (Phi) is 11.4. The topological polar surface area (TPSA) is 51.2 Å². The number of benzene rings is 1. The van der Waals surface area contributed by atoms with Crippen molar-refractivity contribution in [3.05, 3.63) is 34.3 Å². The van der Waals surface area contributed by atoms with Crippen LogP contribution in [0.15, 0.2) is 33.7 Å². The third kappa shape index (κ3) is 7.51. The molecule has 1 unspecified atom stereocenters. The number of carbonyl (C=O) groups is 1. The second-order valence-electron chi connectivity index (χ2n) is 7.02. The fourth-order valence-corrected chi connectivity index (χ4v) is 3.57. The van der Waals surface area contributed by atoms with E-state index in [-0.39, 0.29) is 36.4 Å². The molecule has 1 aliphatic rings. The van der Waals surface area contributed by atoms with Gasteiger partial charge in [-0.15, -0.1) is 24.0 Å². The van der Waals surface area contributed by atoms with Crippen molar-refractivity contribution in [2.24, 2.45) is 4.99 Å². The Morgan fingerprint density at radius 3 is 2.46 bits per heavy atom. The van der Waals surface area contributed by atoms with E-state index in [9.17, 15) is 4.79 Å². The van der Waals surface area contributed by atoms with E-state index in [1.54, 1.807) is 19.0 Å². The molecule has 1 fully saturated rings. The smallest absolute Gasteiger partial charge is 0.241 e. The highest BCUT2D eigenvalue weighted by Crippen LogP contribution is 2.16. The van der Waals surface area contributed by atoms with Crippen LogP contribution >= 0.6 is 39.9 Å². The van der Waals surface area contributed by atoms with Crippen molar-refractivity contribution in [3.8, 4) is 0 Å². The molecule has 1 aromatic rings. The van der Waals surface area contributed by atoms with Crippen LogP contribution in [-0.4, -0.2) is 79.4 Å². The number of amides is 1. The van der Waals surface area contributed by atoms with E-state index in [1.165, 1.54) is 0 Å². The zero-order valence-corrected chi connectivity index (χ0v) is 21.2. The lowest BCUT2D eigenvalue weighted by atomic mass is 10.2. The summed E-state index contributed by atoms with van der Waals surface area (Å²) in [6.07, 6.45) is 1.13. The fraction of sp³-hybridized carbons (Fsp3) is 0.600. The minimum atomic E-state index is 0. The summed E-state index contributed by atoms with van der Waals surface area (Å²) in [6.45, 7) is 9.32. The fourth-order valence-electron chi connectivity index (χ4n) is 3.31. The maximum Gasteiger partial charge on any atom is 0.241 e. The Morgan fingerprint density at radius 1 is 1.25 bits per heavy atom. The second-order valence-corrected chi connectivity index (χ2v) is 7.93. The van der Waals surface area contributed by atoms with Crippen molar-refractivity contribution >= 4 is 51.8 Å². The lowest BCUT2D eigenvalue weighted by Crippen LogP contribution is -2.46. The van der Waals surface area contributed by atoms with Crippen LogP contribution in [0.3, 0.4) is 0 Å². The van der Waals surface area contributed by atoms with Crippen LogP contribution in [0.25, 0.3) is 0 Å². The molecule has 28 heavy (non-hydrogen) atoms. The van der Waals surface area contributed by atoms with Gasteiger partial charge >= 0.3 is 0 Å². The molecule has 1 heterocycles. The van der Waals surface area contributed by atoms with Crippen LogP contribution in [0.5, 0.6) is 0 Å². The summed E-state index contributed by atoms with van der Waals surface area (Å²) in [4.78, 5) is 23.2. The average molecular weight is 566 g/mol. The quantitative estimate of drug-likeness (QED) is 0.314. The zero-order valence-electron chi connectivity index (χ0n) is 17.3. The van der Waals surface area contributed by atoms with Crippen molar-refractivity contribution in [2.45, 2.75) is 32.9 Å². The minimum absolute atomic E-state index is 0. The predicted octanol–water partition coefficient (Wildman–Crippen LogP) is 3.02. The Labute approximate surface area is 194 Å². The number of nitrogens with one attached hydrogen (secondary N) is 1. The molecular weight excluding hydrogens is 533 g/mol. The third-order valence-electron chi connectivity index (χ3n) is 5.01. The van der Waals surface area contributed by atoms with Crippen LogP contribution in [0, 0.1) is 0 Å². The third-order valence-corrected chi connectivity index (χ3v) is 5.54. The molecule has 2 rings (SSSR count). The molecule has 0 aliphatic carbocycles. The monoisotopic (exact) mass is 565 g/mol. The highest BCUT2D eigenvalue weighted by atomic mass is 127. The van der Waals surface area contributed by atoms with Gasteiger partial charge < -0.3 is 15.1 Å². The lowest BCUT2D eigenvalue weighted by molar-refractivity contribution is -0.127. The number of likely N-dealkylation sites (tertiary alicyclic amines) is 1. The highest BCUT2D eigenvalue weighted by molar-refractivity contribution is 14.0. The standard InChI is InChI=1S/C20H32BrN5O.HI/c1-5-25(6-2)18-11-12-26(15-18)20(23-14-19(27)24(3)4)22-13-16-7-9-17(21)10-8-16;/h7-10,18H,5-6,11-15H2,1-4H3,(H,22,23);1H. The average Bonchev–Trinajstić information content (AvgIpc) is 3.13. The van der Waals surface area contributed by atoms with E-state index in [0.717, 1.165) is 48.6 Å². The van der Waals surface area contributed by atoms with Gasteiger partial charge in [-0.25, -0.2) is 4.99 Å². The van der Waals surface area contributed by atoms with E-state index >= 15 is 0 Å². The number of guanidine groups is 1. The first-order valence-corrected chi connectivity index (χ1v) is 10.5. The van der Waals surface area contributed by atoms with E-state index in [1.807, 2.05) is 12.1 Å². The van der Waals surface area contributed by atoms with Crippen LogP contribution in [-0.2, 0) is 11.3 Å². The Morgan fingerprint density at radius 2 is 1.89 bits per heavy atom. The summed E-state index contributed by atoms with van der Waals surface area (Å²) in [7, 11) is 3.55. The van der Waals surface area contributed by atoms with Crippen LogP contribution in [0.2, 0.25) is 0 Å². The molecule has 1 amide bonds. The molecule has 0 radical (unpaired) electrons. The van der Waals surface area contributed by atoms with Gasteiger partial charge in [-0.3, -0.25) is 9.69 Å². The molecule has 8 heteroatoms. The molecule has 6 nitrogen and oxygen atoms in total. The summed E-state index contributed by atoms with van der Waals surface area (Å²) in [5.74, 6) is 0.869. The number of nitrogens with zero attached hydrogens (tertiary/aromatic N) is 4. The molecule has 0 saturated carbocycles. The number of hydrogen-bond acceptors (Lipinski definition) is 3. The molecule has 1 N–H and O–H groups in total. The molecule has 1 saturated heterocycles. The number of hydrogen-bond donors (Lipinski definition) is 1. The summed E-state index contributed by atoms with van der Waals surface area (Å²) >= 11 is 3.46. The van der Waals surface area contributed by atoms with Gasteiger partial charge in [-0.2, -0.15) is 0 Å². The van der Waals surface area contributed by atoms with Gasteiger partial charge in [0.1, 0.15) is 0 Å². The first kappa shape index (κ1) is 25.2. The molecule has 0 spiro atoms. The van der Waals surface area contributed by atoms with Crippen molar-refractivity contribution in [3.63, 3.8) is 0 Å². The molecule has 0 bridgehead atoms. The van der Waals surface area contributed by atoms with Crippen LogP contribution < -0.4 is 5.32 Å². The number of carbonyl (C=O) groups excluding carboxylic acids is 1. The molecular formula is C20H33BrIN5O. The van der Waals surface area contributed by atoms with Gasteiger partial charge in [0.05, 0.1) is 13.1 Å². The van der Waals surface area contributed by atoms with Crippen molar-refractivity contribution in [1.29, 1.82) is 0 Å². The minimum Gasteiger partial charge on any atom is -0.347 e. The van der Waals surface area contributed by atoms with Crippen molar-refractivity contribution in [1.82, 2.24) is 20.0 Å². The van der Waals surface area contributed by atoms with Gasteiger partial charge in [0.25, 0.3) is 0 Å². The molecule has 1 aromatic carbocycles. The van der Waals surface area contributed by atoms with Gasteiger partial charge in [0.15, 0.2) is 5.96 Å². The molecule has 1 atom stereocenters. The van der Waals surface area contributed by atoms with Gasteiger partial charge in [0.2, 0.25) is 5.91 Å². The predicted molar refractivity (Wildman–Crippen MR) is 130 cm³/mol. The van der Waals surface area contributed by atoms with Crippen molar-refractivity contribution in [2.75, 3.05) is 46.8 Å². The van der Waals surface area contributed by atoms with Crippen LogP contribution in [0.1, 0.15) is 25.8 Å². The van der Waals surface area contributed by atoms with Gasteiger partial charge in [0, 0.05) is 37.7 Å². The molecule has 0 aromatic heterocycles. The summed E-state index contributed by atoms with van der Waals surface area (Å²) in [6, 6.07) is 8.74. The Balaban J connectivity index is 0.00000392. The molecule has 158 valence electrons. The maximum atomic E-state index is 12.0. The zero-order chi connectivity index (χ0) is 19.8. The van der Waals surface area contributed by atoms with Crippen LogP contribution in [0.4, 0.5) is 0 Å². The number of halogens is 2. The van der Waals surface area contributed by atoms with E-state index < -0.39 is 0 Å². The largest absolute Gasteiger partial charge is 0.347 e. The highest BCUT2D eigenvalue weighted by Gasteiger charge is 2.28. The Bertz CT molecular complexity index is 634. The first-order chi connectivity index (χ1) is 12.9. The van der Waals surface area contributed by atoms with E-state index in [4.69, 9.17) is 4.99 Å². The molecule has 1 aliphatic heterocycles. The first-order valence-electron chi connectivity index (χ1n) is 9.66. The number of aliphatic imine (C=N–C) groups is 1. The van der Waals surface area contributed by atoms with Gasteiger partial charge in [-0.05, 0) is 37.2 Å². The Hall–Kier alpha value is -0.870. The SMILES string of the molecule is CCN(CC)C1CCN(C(=NCc2ccc(Br)cc2)NCC(=O)N(C)C)C1.I.